The summed E-state index contributed by atoms with van der Waals surface area (Å²) in [7, 11) is 0. The van der Waals surface area contributed by atoms with Crippen molar-refractivity contribution in [3.63, 3.8) is 0 Å². The van der Waals surface area contributed by atoms with Crippen LogP contribution < -0.4 is 0 Å². The number of hydrogen-bond acceptors (Lipinski definition) is 0. The molecule has 0 radical (unpaired) electrons. The van der Waals surface area contributed by atoms with Crippen molar-refractivity contribution in [1.82, 2.24) is 0 Å². The van der Waals surface area contributed by atoms with Gasteiger partial charge in [-0.1, -0.05) is 65.7 Å². The summed E-state index contributed by atoms with van der Waals surface area (Å²) in [5.41, 5.74) is 2.61. The molecule has 2 rings (SSSR count). The van der Waals surface area contributed by atoms with E-state index in [1.54, 1.807) is 12.1 Å². The average molecular weight is 266 g/mol. The van der Waals surface area contributed by atoms with Gasteiger partial charge in [-0.05, 0) is 19.4 Å². The highest BCUT2D eigenvalue weighted by Gasteiger charge is 2.27. The maximum absolute atomic E-state index is 11.8. The highest BCUT2D eigenvalue weighted by molar-refractivity contribution is 5.21. The summed E-state index contributed by atoms with van der Waals surface area (Å²) in [5.74, 6) is 0. The molecule has 0 aliphatic heterocycles. The van der Waals surface area contributed by atoms with Crippen molar-refractivity contribution in [2.75, 3.05) is 0 Å². The summed E-state index contributed by atoms with van der Waals surface area (Å²) in [4.78, 5) is 0. The van der Waals surface area contributed by atoms with E-state index in [-0.39, 0.29) is 0 Å². The van der Waals surface area contributed by atoms with E-state index in [9.17, 15) is 13.2 Å². The lowest BCUT2D eigenvalue weighted by Crippen LogP contribution is -2.11. The monoisotopic (exact) mass is 266 g/mol. The Morgan fingerprint density at radius 2 is 1.21 bits per heavy atom. The summed E-state index contributed by atoms with van der Waals surface area (Å²) in [5, 5.41) is 0. The van der Waals surface area contributed by atoms with Gasteiger partial charge in [-0.25, -0.2) is 0 Å². The normalized spacial score (nSPS) is 10.6. The lowest BCUT2D eigenvalue weighted by Gasteiger charge is -2.05. The molecule has 19 heavy (non-hydrogen) atoms. The van der Waals surface area contributed by atoms with Crippen LogP contribution in [0.3, 0.4) is 0 Å². The molecule has 0 fully saturated rings. The van der Waals surface area contributed by atoms with Crippen LogP contribution in [0.2, 0.25) is 0 Å². The predicted molar refractivity (Wildman–Crippen MR) is 72.1 cm³/mol. The fourth-order valence-corrected chi connectivity index (χ4v) is 1.47. The average Bonchev–Trinajstić information content (AvgIpc) is 2.32. The highest BCUT2D eigenvalue weighted by atomic mass is 19.4. The maximum Gasteiger partial charge on any atom is 0.393 e. The minimum absolute atomic E-state index is 0.313. The number of hydrogen-bond donors (Lipinski definition) is 0. The molecular formula is C16H17F3. The van der Waals surface area contributed by atoms with Crippen molar-refractivity contribution in [1.29, 1.82) is 0 Å². The summed E-state index contributed by atoms with van der Waals surface area (Å²) in [6, 6.07) is 16.6. The van der Waals surface area contributed by atoms with Gasteiger partial charge < -0.3 is 0 Å². The number of alkyl halides is 3. The van der Waals surface area contributed by atoms with Crippen molar-refractivity contribution < 1.29 is 13.2 Å². The molecule has 0 heterocycles. The van der Waals surface area contributed by atoms with Crippen molar-refractivity contribution in [3.05, 3.63) is 71.3 Å². The van der Waals surface area contributed by atoms with Crippen LogP contribution in [0, 0.1) is 13.8 Å². The molecule has 0 N–H and O–H groups in total. The highest BCUT2D eigenvalue weighted by Crippen LogP contribution is 2.21. The number of benzene rings is 2. The van der Waals surface area contributed by atoms with Gasteiger partial charge in [0.15, 0.2) is 0 Å². The fraction of sp³-hybridized carbons (Fsp3) is 0.250. The summed E-state index contributed by atoms with van der Waals surface area (Å²) in [6.45, 7) is 3.93. The number of aryl methyl sites for hydroxylation is 2. The molecule has 0 aliphatic rings. The van der Waals surface area contributed by atoms with Crippen molar-refractivity contribution in [2.45, 2.75) is 26.4 Å². The zero-order chi connectivity index (χ0) is 14.3. The molecule has 0 saturated carbocycles. The van der Waals surface area contributed by atoms with Crippen LogP contribution in [0.4, 0.5) is 13.2 Å². The first-order valence-corrected chi connectivity index (χ1v) is 6.01. The Hall–Kier alpha value is -1.77. The van der Waals surface area contributed by atoms with Crippen molar-refractivity contribution in [2.24, 2.45) is 0 Å². The minimum atomic E-state index is -4.10. The Morgan fingerprint density at radius 3 is 1.58 bits per heavy atom. The van der Waals surface area contributed by atoms with Crippen LogP contribution in [-0.2, 0) is 6.42 Å². The lowest BCUT2D eigenvalue weighted by molar-refractivity contribution is -0.127. The smallest absolute Gasteiger partial charge is 0.171 e. The van der Waals surface area contributed by atoms with Gasteiger partial charge in [0, 0.05) is 0 Å². The van der Waals surface area contributed by atoms with Gasteiger partial charge >= 0.3 is 6.18 Å². The van der Waals surface area contributed by atoms with Crippen molar-refractivity contribution in [3.8, 4) is 0 Å². The van der Waals surface area contributed by atoms with E-state index in [1.165, 1.54) is 17.7 Å². The molecule has 2 aromatic carbocycles. The second-order valence-electron chi connectivity index (χ2n) is 4.43. The van der Waals surface area contributed by atoms with Gasteiger partial charge in [-0.3, -0.25) is 0 Å². The molecule has 0 aliphatic carbocycles. The molecule has 0 amide bonds. The predicted octanol–water partition coefficient (Wildman–Crippen LogP) is 5.09. The first kappa shape index (κ1) is 15.3. The Bertz CT molecular complexity index is 470. The van der Waals surface area contributed by atoms with Gasteiger partial charge in [-0.2, -0.15) is 13.2 Å². The Kier molecular flexibility index (Phi) is 5.61. The molecule has 0 bridgehead atoms. The van der Waals surface area contributed by atoms with Gasteiger partial charge in [0.05, 0.1) is 6.42 Å². The quantitative estimate of drug-likeness (QED) is 0.674. The largest absolute Gasteiger partial charge is 0.393 e. The summed E-state index contributed by atoms with van der Waals surface area (Å²) in [6.07, 6.45) is -4.94. The third-order valence-electron chi connectivity index (χ3n) is 2.47. The molecule has 0 nitrogen and oxygen atoms in total. The maximum atomic E-state index is 11.8. The molecule has 3 heteroatoms. The zero-order valence-corrected chi connectivity index (χ0v) is 11.0. The topological polar surface area (TPSA) is 0 Å². The van der Waals surface area contributed by atoms with Crippen molar-refractivity contribution >= 4 is 0 Å². The fourth-order valence-electron chi connectivity index (χ4n) is 1.47. The van der Waals surface area contributed by atoms with Crippen LogP contribution in [-0.4, -0.2) is 6.18 Å². The molecule has 102 valence electrons. The minimum Gasteiger partial charge on any atom is -0.171 e. The second kappa shape index (κ2) is 6.98. The SMILES string of the molecule is Cc1ccc(CC(F)(F)F)cc1.Cc1ccccc1. The molecule has 0 saturated heterocycles. The second-order valence-corrected chi connectivity index (χ2v) is 4.43. The van der Waals surface area contributed by atoms with Crippen LogP contribution in [0.5, 0.6) is 0 Å². The molecule has 0 atom stereocenters. The number of halogens is 3. The summed E-state index contributed by atoms with van der Waals surface area (Å²) >= 11 is 0. The van der Waals surface area contributed by atoms with E-state index in [0.29, 0.717) is 5.56 Å². The van der Waals surface area contributed by atoms with Crippen LogP contribution in [0.1, 0.15) is 16.7 Å². The molecule has 0 aromatic heterocycles. The van der Waals surface area contributed by atoms with Crippen LogP contribution >= 0.6 is 0 Å². The standard InChI is InChI=1S/C9H9F3.C7H8/c1-7-2-4-8(5-3-7)6-9(10,11)12;1-7-5-3-2-4-6-7/h2-5H,6H2,1H3;2-6H,1H3. The van der Waals surface area contributed by atoms with Gasteiger partial charge in [-0.15, -0.1) is 0 Å². The first-order valence-electron chi connectivity index (χ1n) is 6.01. The Balaban J connectivity index is 0.000000218. The van der Waals surface area contributed by atoms with Gasteiger partial charge in [0.2, 0.25) is 0 Å². The van der Waals surface area contributed by atoms with E-state index in [2.05, 4.69) is 19.1 Å². The Labute approximate surface area is 111 Å². The van der Waals surface area contributed by atoms with E-state index in [1.807, 2.05) is 25.1 Å². The Morgan fingerprint density at radius 1 is 0.737 bits per heavy atom. The molecule has 0 spiro atoms. The molecule has 2 aromatic rings. The van der Waals surface area contributed by atoms with E-state index in [4.69, 9.17) is 0 Å². The lowest BCUT2D eigenvalue weighted by atomic mass is 10.1. The van der Waals surface area contributed by atoms with Crippen LogP contribution in [0.25, 0.3) is 0 Å². The molecular weight excluding hydrogens is 249 g/mol. The van der Waals surface area contributed by atoms with Crippen LogP contribution in [0.15, 0.2) is 54.6 Å². The first-order chi connectivity index (χ1) is 8.87. The molecule has 0 unspecified atom stereocenters. The van der Waals surface area contributed by atoms with Gasteiger partial charge in [0.25, 0.3) is 0 Å². The van der Waals surface area contributed by atoms with Gasteiger partial charge in [0.1, 0.15) is 0 Å². The zero-order valence-electron chi connectivity index (χ0n) is 11.0. The number of rotatable bonds is 1. The third kappa shape index (κ3) is 7.29. The van der Waals surface area contributed by atoms with E-state index in [0.717, 1.165) is 5.56 Å². The van der Waals surface area contributed by atoms with E-state index >= 15 is 0 Å². The summed E-state index contributed by atoms with van der Waals surface area (Å²) < 4.78 is 35.5. The third-order valence-corrected chi connectivity index (χ3v) is 2.47. The van der Waals surface area contributed by atoms with E-state index < -0.39 is 12.6 Å².